The monoisotopic (exact) mass is 363 g/mol. The maximum Gasteiger partial charge on any atom is 0.269 e. The normalized spacial score (nSPS) is 23.0. The summed E-state index contributed by atoms with van der Waals surface area (Å²) in [6.45, 7) is 4.11. The molecule has 0 radical (unpaired) electrons. The molecule has 1 aromatic heterocycles. The number of pyridine rings is 1. The average molecular weight is 363 g/mol. The molecular weight excluding hydrogens is 338 g/mol. The lowest BCUT2D eigenvalue weighted by Crippen LogP contribution is -2.21. The summed E-state index contributed by atoms with van der Waals surface area (Å²) in [5.74, 6) is 1.66. The molecule has 1 amide bonds. The number of piperidine rings is 1. The summed E-state index contributed by atoms with van der Waals surface area (Å²) in [5.41, 5.74) is 3.97. The topological polar surface area (TPSA) is 71.1 Å². The molecule has 4 rings (SSSR count). The van der Waals surface area contributed by atoms with Crippen molar-refractivity contribution in [3.8, 4) is 0 Å². The number of ketones is 1. The molecule has 1 saturated heterocycles. The Morgan fingerprint density at radius 1 is 1.19 bits per heavy atom. The van der Waals surface area contributed by atoms with E-state index >= 15 is 0 Å². The Morgan fingerprint density at radius 2 is 1.96 bits per heavy atom. The van der Waals surface area contributed by atoms with Crippen LogP contribution in [0.25, 0.3) is 0 Å². The second-order valence-corrected chi connectivity index (χ2v) is 7.75. The van der Waals surface area contributed by atoms with Crippen molar-refractivity contribution >= 4 is 11.7 Å². The van der Waals surface area contributed by atoms with Gasteiger partial charge in [-0.3, -0.25) is 9.59 Å². The molecule has 1 aliphatic carbocycles. The quantitative estimate of drug-likeness (QED) is 0.773. The first-order valence-corrected chi connectivity index (χ1v) is 9.57. The summed E-state index contributed by atoms with van der Waals surface area (Å²) < 4.78 is 0. The van der Waals surface area contributed by atoms with Crippen LogP contribution in [0.3, 0.4) is 0 Å². The molecule has 1 saturated carbocycles. The molecule has 2 aliphatic rings. The highest BCUT2D eigenvalue weighted by molar-refractivity contribution is 6.00. The Balaban J connectivity index is 1.58. The predicted octanol–water partition coefficient (Wildman–Crippen LogP) is 2.38. The number of hydrogen-bond acceptors (Lipinski definition) is 4. The van der Waals surface area contributed by atoms with Gasteiger partial charge in [0.05, 0.1) is 0 Å². The van der Waals surface area contributed by atoms with Crippen LogP contribution in [0.1, 0.15) is 44.1 Å². The number of aromatic nitrogens is 1. The average Bonchev–Trinajstić information content (AvgIpc) is 3.08. The van der Waals surface area contributed by atoms with Crippen molar-refractivity contribution in [3.63, 3.8) is 0 Å². The fraction of sp³-hybridized carbons (Fsp3) is 0.409. The van der Waals surface area contributed by atoms with E-state index in [0.29, 0.717) is 41.9 Å². The van der Waals surface area contributed by atoms with Crippen molar-refractivity contribution in [2.45, 2.75) is 19.8 Å². The molecule has 0 bridgehead atoms. The molecule has 1 aromatic carbocycles. The lowest BCUT2D eigenvalue weighted by Gasteiger charge is -2.10. The van der Waals surface area contributed by atoms with Gasteiger partial charge in [0.15, 0.2) is 5.78 Å². The van der Waals surface area contributed by atoms with E-state index in [1.54, 1.807) is 13.1 Å². The van der Waals surface area contributed by atoms with Crippen LogP contribution in [0, 0.1) is 24.7 Å². The van der Waals surface area contributed by atoms with Gasteiger partial charge < -0.3 is 10.6 Å². The molecular formula is C22H25N3O2. The number of Topliss-reactive ketones (excluding diaryl/α,β-unsaturated/α-hetero) is 1. The van der Waals surface area contributed by atoms with Crippen LogP contribution in [0.5, 0.6) is 0 Å². The number of fused-ring (bicyclic) bond motifs is 1. The molecule has 1 aliphatic heterocycles. The number of carbonyl (C=O) groups excluding carboxylic acids is 2. The summed E-state index contributed by atoms with van der Waals surface area (Å²) in [4.78, 5) is 29.5. The minimum atomic E-state index is -0.261. The van der Waals surface area contributed by atoms with Crippen LogP contribution in [-0.2, 0) is 6.42 Å². The van der Waals surface area contributed by atoms with Gasteiger partial charge in [0, 0.05) is 31.1 Å². The number of nitrogens with zero attached hydrogens (tertiary/aromatic N) is 1. The largest absolute Gasteiger partial charge is 0.354 e. The number of aryl methyl sites for hydroxylation is 1. The van der Waals surface area contributed by atoms with E-state index < -0.39 is 0 Å². The molecule has 2 aromatic rings. The summed E-state index contributed by atoms with van der Waals surface area (Å²) >= 11 is 0. The first-order valence-electron chi connectivity index (χ1n) is 9.57. The molecule has 3 atom stereocenters. The molecule has 2 heterocycles. The maximum absolute atomic E-state index is 12.9. The van der Waals surface area contributed by atoms with Crippen molar-refractivity contribution in [1.82, 2.24) is 15.6 Å². The zero-order chi connectivity index (χ0) is 19.0. The summed E-state index contributed by atoms with van der Waals surface area (Å²) in [5, 5.41) is 5.98. The number of nitrogens with one attached hydrogen (secondary N) is 2. The lowest BCUT2D eigenvalue weighted by atomic mass is 10.0. The fourth-order valence-corrected chi connectivity index (χ4v) is 4.30. The maximum atomic E-state index is 12.9. The van der Waals surface area contributed by atoms with Gasteiger partial charge in [-0.2, -0.15) is 0 Å². The van der Waals surface area contributed by atoms with Crippen molar-refractivity contribution < 1.29 is 9.59 Å². The van der Waals surface area contributed by atoms with Crippen LogP contribution in [0.2, 0.25) is 0 Å². The third-order valence-electron chi connectivity index (χ3n) is 5.82. The Hall–Kier alpha value is -2.53. The SMILES string of the molecule is CNC(=O)c1cc(C(=O)CC2[C@H]3CNC[C@@H]23)cc(Cc2cccc(C)c2)n1. The Kier molecular flexibility index (Phi) is 4.79. The first-order chi connectivity index (χ1) is 13.0. The number of rotatable bonds is 6. The summed E-state index contributed by atoms with van der Waals surface area (Å²) in [7, 11) is 1.58. The van der Waals surface area contributed by atoms with Crippen LogP contribution in [0.15, 0.2) is 36.4 Å². The second kappa shape index (κ2) is 7.24. The Labute approximate surface area is 159 Å². The second-order valence-electron chi connectivity index (χ2n) is 7.75. The molecule has 5 nitrogen and oxygen atoms in total. The molecule has 2 N–H and O–H groups in total. The van der Waals surface area contributed by atoms with Crippen molar-refractivity contribution in [2.24, 2.45) is 17.8 Å². The van der Waals surface area contributed by atoms with Gasteiger partial charge in [-0.15, -0.1) is 0 Å². The Morgan fingerprint density at radius 3 is 2.67 bits per heavy atom. The predicted molar refractivity (Wildman–Crippen MR) is 104 cm³/mol. The Bertz CT molecular complexity index is 883. The smallest absolute Gasteiger partial charge is 0.269 e. The van der Waals surface area contributed by atoms with Crippen LogP contribution >= 0.6 is 0 Å². The van der Waals surface area contributed by atoms with Gasteiger partial charge in [0.1, 0.15) is 5.69 Å². The van der Waals surface area contributed by atoms with E-state index in [0.717, 1.165) is 24.3 Å². The van der Waals surface area contributed by atoms with E-state index in [9.17, 15) is 9.59 Å². The molecule has 5 heteroatoms. The van der Waals surface area contributed by atoms with E-state index in [4.69, 9.17) is 0 Å². The van der Waals surface area contributed by atoms with Crippen molar-refractivity contribution in [3.05, 3.63) is 64.5 Å². The molecule has 27 heavy (non-hydrogen) atoms. The molecule has 140 valence electrons. The zero-order valence-corrected chi connectivity index (χ0v) is 15.8. The van der Waals surface area contributed by atoms with Gasteiger partial charge in [-0.05, 0) is 55.5 Å². The third-order valence-corrected chi connectivity index (χ3v) is 5.82. The highest BCUT2D eigenvalue weighted by Crippen LogP contribution is 2.51. The number of amides is 1. The van der Waals surface area contributed by atoms with Gasteiger partial charge >= 0.3 is 0 Å². The third kappa shape index (κ3) is 3.78. The first kappa shape index (κ1) is 17.9. The minimum absolute atomic E-state index is 0.118. The number of benzene rings is 1. The minimum Gasteiger partial charge on any atom is -0.354 e. The highest BCUT2D eigenvalue weighted by atomic mass is 16.1. The van der Waals surface area contributed by atoms with Gasteiger partial charge in [-0.25, -0.2) is 4.98 Å². The van der Waals surface area contributed by atoms with Crippen molar-refractivity contribution in [1.29, 1.82) is 0 Å². The lowest BCUT2D eigenvalue weighted by molar-refractivity contribution is 0.0958. The van der Waals surface area contributed by atoms with Gasteiger partial charge in [-0.1, -0.05) is 29.8 Å². The zero-order valence-electron chi connectivity index (χ0n) is 15.8. The van der Waals surface area contributed by atoms with E-state index in [2.05, 4.69) is 21.7 Å². The van der Waals surface area contributed by atoms with E-state index in [1.165, 1.54) is 5.56 Å². The highest BCUT2D eigenvalue weighted by Gasteiger charge is 2.53. The molecule has 0 spiro atoms. The standard InChI is InChI=1S/C22H25N3O2/c1-13-4-3-5-14(6-13)7-16-8-15(9-20(25-16)22(27)23-2)21(26)10-17-18-11-24-12-19(17)18/h3-6,8-9,17-19,24H,7,10-12H2,1-2H3,(H,23,27)/t17?,18-,19+. The fourth-order valence-electron chi connectivity index (χ4n) is 4.30. The number of carbonyl (C=O) groups is 2. The summed E-state index contributed by atoms with van der Waals surface area (Å²) in [6.07, 6.45) is 1.17. The molecule has 1 unspecified atom stereocenters. The van der Waals surface area contributed by atoms with E-state index in [-0.39, 0.29) is 11.7 Å². The molecule has 2 fully saturated rings. The van der Waals surface area contributed by atoms with Crippen LogP contribution < -0.4 is 10.6 Å². The summed E-state index contributed by atoms with van der Waals surface area (Å²) in [6, 6.07) is 11.7. The van der Waals surface area contributed by atoms with Crippen LogP contribution in [-0.4, -0.2) is 36.8 Å². The van der Waals surface area contributed by atoms with Gasteiger partial charge in [0.2, 0.25) is 0 Å². The number of hydrogen-bond donors (Lipinski definition) is 2. The van der Waals surface area contributed by atoms with Crippen LogP contribution in [0.4, 0.5) is 0 Å². The van der Waals surface area contributed by atoms with Gasteiger partial charge in [0.25, 0.3) is 5.91 Å². The van der Waals surface area contributed by atoms with Crippen molar-refractivity contribution in [2.75, 3.05) is 20.1 Å². The van der Waals surface area contributed by atoms with E-state index in [1.807, 2.05) is 31.2 Å².